The number of hydrogen-bond acceptors (Lipinski definition) is 2. The smallest absolute Gasteiger partial charge is 0.149 e. The van der Waals surface area contributed by atoms with Crippen molar-refractivity contribution in [3.8, 4) is 0 Å². The number of nitrogens with zero attached hydrogens (tertiary/aromatic N) is 1. The molecular formula is C10H15NO. The highest BCUT2D eigenvalue weighted by Gasteiger charge is 2.17. The molecule has 0 radical (unpaired) electrons. The van der Waals surface area contributed by atoms with Crippen molar-refractivity contribution in [3.63, 3.8) is 0 Å². The van der Waals surface area contributed by atoms with E-state index < -0.39 is 0 Å². The van der Waals surface area contributed by atoms with Crippen LogP contribution in [0, 0.1) is 5.92 Å². The third kappa shape index (κ3) is 1.83. The van der Waals surface area contributed by atoms with Gasteiger partial charge in [-0.25, -0.2) is 0 Å². The zero-order chi connectivity index (χ0) is 9.14. The van der Waals surface area contributed by atoms with Crippen molar-refractivity contribution in [2.45, 2.75) is 13.0 Å². The fourth-order valence-electron chi connectivity index (χ4n) is 1.56. The molecule has 0 N–H and O–H groups in total. The Bertz CT molecular complexity index is 228. The van der Waals surface area contributed by atoms with E-state index >= 15 is 0 Å². The molecule has 0 saturated heterocycles. The molecule has 2 unspecified atom stereocenters. The summed E-state index contributed by atoms with van der Waals surface area (Å²) in [4.78, 5) is 12.6. The Kier molecular flexibility index (Phi) is 2.82. The Morgan fingerprint density at radius 3 is 2.58 bits per heavy atom. The van der Waals surface area contributed by atoms with Gasteiger partial charge in [0.05, 0.1) is 0 Å². The first kappa shape index (κ1) is 9.20. The maximum atomic E-state index is 10.4. The molecule has 12 heavy (non-hydrogen) atoms. The van der Waals surface area contributed by atoms with E-state index in [2.05, 4.69) is 17.9 Å². The first-order valence-corrected chi connectivity index (χ1v) is 4.17. The Hall–Kier alpha value is -0.890. The average molecular weight is 165 g/mol. The topological polar surface area (TPSA) is 20.3 Å². The van der Waals surface area contributed by atoms with Gasteiger partial charge in [0.25, 0.3) is 0 Å². The molecule has 66 valence electrons. The number of aldehydes is 1. The van der Waals surface area contributed by atoms with Crippen LogP contribution in [0.4, 0.5) is 0 Å². The molecule has 1 aliphatic carbocycles. The van der Waals surface area contributed by atoms with Crippen LogP contribution in [0.1, 0.15) is 6.92 Å². The minimum atomic E-state index is 0.421. The van der Waals surface area contributed by atoms with Crippen molar-refractivity contribution < 1.29 is 4.79 Å². The van der Waals surface area contributed by atoms with Gasteiger partial charge in [-0.2, -0.15) is 0 Å². The summed E-state index contributed by atoms with van der Waals surface area (Å²) in [5.41, 5.74) is 0.792. The molecule has 0 aliphatic heterocycles. The van der Waals surface area contributed by atoms with E-state index in [1.807, 2.05) is 26.2 Å². The molecule has 0 spiro atoms. The molecule has 0 aromatic heterocycles. The summed E-state index contributed by atoms with van der Waals surface area (Å²) < 4.78 is 0. The average Bonchev–Trinajstić information content (AvgIpc) is 2.03. The van der Waals surface area contributed by atoms with E-state index in [4.69, 9.17) is 0 Å². The van der Waals surface area contributed by atoms with Gasteiger partial charge in [0.15, 0.2) is 0 Å². The lowest BCUT2D eigenvalue weighted by molar-refractivity contribution is -0.104. The van der Waals surface area contributed by atoms with E-state index in [1.54, 1.807) is 0 Å². The van der Waals surface area contributed by atoms with E-state index in [9.17, 15) is 4.79 Å². The highest BCUT2D eigenvalue weighted by molar-refractivity contribution is 5.78. The number of hydrogen-bond donors (Lipinski definition) is 0. The summed E-state index contributed by atoms with van der Waals surface area (Å²) in [6.45, 7) is 2.12. The predicted molar refractivity (Wildman–Crippen MR) is 49.9 cm³/mol. The zero-order valence-corrected chi connectivity index (χ0v) is 7.82. The molecule has 0 aromatic carbocycles. The van der Waals surface area contributed by atoms with Crippen molar-refractivity contribution in [2.24, 2.45) is 5.92 Å². The molecule has 0 amide bonds. The van der Waals surface area contributed by atoms with Crippen LogP contribution >= 0.6 is 0 Å². The highest BCUT2D eigenvalue weighted by atomic mass is 16.1. The molecule has 0 saturated carbocycles. The largest absolute Gasteiger partial charge is 0.302 e. The lowest BCUT2D eigenvalue weighted by Gasteiger charge is -2.27. The van der Waals surface area contributed by atoms with Gasteiger partial charge < -0.3 is 4.90 Å². The van der Waals surface area contributed by atoms with E-state index in [-0.39, 0.29) is 0 Å². The summed E-state index contributed by atoms with van der Waals surface area (Å²) in [6, 6.07) is 0.425. The van der Waals surface area contributed by atoms with Gasteiger partial charge in [-0.1, -0.05) is 25.2 Å². The minimum Gasteiger partial charge on any atom is -0.302 e. The maximum Gasteiger partial charge on any atom is 0.149 e. The van der Waals surface area contributed by atoms with Crippen molar-refractivity contribution in [2.75, 3.05) is 14.1 Å². The molecular weight excluding hydrogens is 150 g/mol. The molecule has 0 heterocycles. The monoisotopic (exact) mass is 165 g/mol. The summed E-state index contributed by atoms with van der Waals surface area (Å²) in [6.07, 6.45) is 6.88. The lowest BCUT2D eigenvalue weighted by Crippen LogP contribution is -2.32. The van der Waals surface area contributed by atoms with Crippen LogP contribution in [0.5, 0.6) is 0 Å². The standard InChI is InChI=1S/C10H15NO/c1-8-6-9(7-12)4-5-10(8)11(2)3/h4-8,10H,1-3H3. The Morgan fingerprint density at radius 1 is 1.50 bits per heavy atom. The first-order chi connectivity index (χ1) is 5.65. The van der Waals surface area contributed by atoms with Crippen LogP contribution in [0.15, 0.2) is 23.8 Å². The van der Waals surface area contributed by atoms with Gasteiger partial charge in [0.2, 0.25) is 0 Å². The number of carbonyl (C=O) groups excluding carboxylic acids is 1. The van der Waals surface area contributed by atoms with Gasteiger partial charge >= 0.3 is 0 Å². The quantitative estimate of drug-likeness (QED) is 0.574. The van der Waals surface area contributed by atoms with E-state index in [1.165, 1.54) is 0 Å². The number of carbonyl (C=O) groups is 1. The minimum absolute atomic E-state index is 0.421. The summed E-state index contributed by atoms with van der Waals surface area (Å²) in [7, 11) is 4.09. The van der Waals surface area contributed by atoms with Crippen LogP contribution in [-0.4, -0.2) is 31.3 Å². The Balaban J connectivity index is 2.74. The summed E-state index contributed by atoms with van der Waals surface area (Å²) >= 11 is 0. The third-order valence-corrected chi connectivity index (χ3v) is 2.21. The van der Waals surface area contributed by atoms with E-state index in [0.717, 1.165) is 11.9 Å². The fourth-order valence-corrected chi connectivity index (χ4v) is 1.56. The van der Waals surface area contributed by atoms with Gasteiger partial charge in [-0.15, -0.1) is 0 Å². The van der Waals surface area contributed by atoms with Crippen molar-refractivity contribution in [3.05, 3.63) is 23.8 Å². The predicted octanol–water partition coefficient (Wildman–Crippen LogP) is 1.25. The van der Waals surface area contributed by atoms with Gasteiger partial charge in [-0.05, 0) is 20.0 Å². The van der Waals surface area contributed by atoms with Crippen molar-refractivity contribution in [1.29, 1.82) is 0 Å². The second kappa shape index (κ2) is 3.68. The molecule has 2 heteroatoms. The number of rotatable bonds is 2. The third-order valence-electron chi connectivity index (χ3n) is 2.21. The fraction of sp³-hybridized carbons (Fsp3) is 0.500. The summed E-state index contributed by atoms with van der Waals surface area (Å²) in [5.74, 6) is 0.421. The van der Waals surface area contributed by atoms with Crippen molar-refractivity contribution in [1.82, 2.24) is 4.90 Å². The zero-order valence-electron chi connectivity index (χ0n) is 7.82. The second-order valence-corrected chi connectivity index (χ2v) is 3.46. The van der Waals surface area contributed by atoms with Gasteiger partial charge in [0, 0.05) is 11.6 Å². The normalized spacial score (nSPS) is 28.8. The number of likely N-dealkylation sites (N-methyl/N-ethyl adjacent to an activating group) is 1. The Morgan fingerprint density at radius 2 is 2.17 bits per heavy atom. The molecule has 1 rings (SSSR count). The van der Waals surface area contributed by atoms with Crippen LogP contribution in [-0.2, 0) is 4.79 Å². The molecule has 1 aliphatic rings. The molecule has 0 aromatic rings. The van der Waals surface area contributed by atoms with Crippen molar-refractivity contribution >= 4 is 6.29 Å². The van der Waals surface area contributed by atoms with Gasteiger partial charge in [-0.3, -0.25) is 4.79 Å². The van der Waals surface area contributed by atoms with Crippen LogP contribution in [0.2, 0.25) is 0 Å². The second-order valence-electron chi connectivity index (χ2n) is 3.46. The molecule has 2 atom stereocenters. The molecule has 0 bridgehead atoms. The van der Waals surface area contributed by atoms with Crippen LogP contribution in [0.3, 0.4) is 0 Å². The van der Waals surface area contributed by atoms with E-state index in [0.29, 0.717) is 12.0 Å². The first-order valence-electron chi connectivity index (χ1n) is 4.17. The molecule has 2 nitrogen and oxygen atoms in total. The molecule has 0 fully saturated rings. The van der Waals surface area contributed by atoms with Crippen LogP contribution in [0.25, 0.3) is 0 Å². The number of allylic oxidation sites excluding steroid dienone is 2. The SMILES string of the molecule is CC1C=C(C=O)C=CC1N(C)C. The lowest BCUT2D eigenvalue weighted by atomic mass is 9.93. The highest BCUT2D eigenvalue weighted by Crippen LogP contribution is 2.18. The Labute approximate surface area is 73.6 Å². The van der Waals surface area contributed by atoms with Crippen LogP contribution < -0.4 is 0 Å². The maximum absolute atomic E-state index is 10.4. The summed E-state index contributed by atoms with van der Waals surface area (Å²) in [5, 5.41) is 0. The van der Waals surface area contributed by atoms with Gasteiger partial charge in [0.1, 0.15) is 6.29 Å².